The fourth-order valence-corrected chi connectivity index (χ4v) is 3.27. The van der Waals surface area contributed by atoms with Gasteiger partial charge in [0.15, 0.2) is 0 Å². The summed E-state index contributed by atoms with van der Waals surface area (Å²) >= 11 is 6.33. The highest BCUT2D eigenvalue weighted by Gasteiger charge is 2.23. The molecule has 0 aliphatic carbocycles. The number of likely N-dealkylation sites (tertiary alicyclic amines) is 1. The standard InChI is InChI=1S/C16H18ClN3O/c1-2-15(21)19-9-4-3-6-12(10-19)20-11-18-14-8-5-7-13(17)16(14)20/h2,5,7-8,11-12H,1,3-4,6,9-10H2. The molecule has 3 rings (SSSR count). The molecule has 4 nitrogen and oxygen atoms in total. The van der Waals surface area contributed by atoms with Gasteiger partial charge in [-0.3, -0.25) is 4.79 Å². The van der Waals surface area contributed by atoms with Crippen molar-refractivity contribution in [3.05, 3.63) is 42.2 Å². The Balaban J connectivity index is 1.97. The number of hydrogen-bond acceptors (Lipinski definition) is 2. The molecule has 1 fully saturated rings. The molecular weight excluding hydrogens is 286 g/mol. The van der Waals surface area contributed by atoms with E-state index in [0.717, 1.165) is 36.8 Å². The van der Waals surface area contributed by atoms with Gasteiger partial charge in [0.25, 0.3) is 0 Å². The fraction of sp³-hybridized carbons (Fsp3) is 0.375. The van der Waals surface area contributed by atoms with E-state index in [9.17, 15) is 4.79 Å². The van der Waals surface area contributed by atoms with Gasteiger partial charge in [-0.15, -0.1) is 0 Å². The molecule has 1 aromatic carbocycles. The van der Waals surface area contributed by atoms with E-state index in [1.807, 2.05) is 29.4 Å². The zero-order valence-electron chi connectivity index (χ0n) is 11.8. The van der Waals surface area contributed by atoms with E-state index in [4.69, 9.17) is 11.6 Å². The van der Waals surface area contributed by atoms with Crippen LogP contribution in [-0.4, -0.2) is 33.4 Å². The first-order valence-electron chi connectivity index (χ1n) is 7.23. The molecule has 0 N–H and O–H groups in total. The Morgan fingerprint density at radius 3 is 3.10 bits per heavy atom. The van der Waals surface area contributed by atoms with Gasteiger partial charge in [0.2, 0.25) is 5.91 Å². The molecule has 1 aliphatic rings. The molecule has 0 spiro atoms. The van der Waals surface area contributed by atoms with Gasteiger partial charge in [0, 0.05) is 13.1 Å². The van der Waals surface area contributed by atoms with Crippen molar-refractivity contribution in [1.82, 2.24) is 14.5 Å². The number of benzene rings is 1. The number of carbonyl (C=O) groups is 1. The molecule has 1 aliphatic heterocycles. The van der Waals surface area contributed by atoms with E-state index in [-0.39, 0.29) is 11.9 Å². The summed E-state index contributed by atoms with van der Waals surface area (Å²) in [4.78, 5) is 18.2. The smallest absolute Gasteiger partial charge is 0.246 e. The van der Waals surface area contributed by atoms with E-state index in [1.165, 1.54) is 6.08 Å². The largest absolute Gasteiger partial charge is 0.337 e. The molecule has 1 amide bonds. The topological polar surface area (TPSA) is 38.1 Å². The number of fused-ring (bicyclic) bond motifs is 1. The summed E-state index contributed by atoms with van der Waals surface area (Å²) in [6.45, 7) is 5.06. The first-order chi connectivity index (χ1) is 10.2. The molecule has 1 saturated heterocycles. The third-order valence-corrected chi connectivity index (χ3v) is 4.38. The predicted octanol–water partition coefficient (Wildman–Crippen LogP) is 3.43. The minimum Gasteiger partial charge on any atom is -0.337 e. The molecular formula is C16H18ClN3O. The van der Waals surface area contributed by atoms with Crippen molar-refractivity contribution in [2.75, 3.05) is 13.1 Å². The van der Waals surface area contributed by atoms with Gasteiger partial charge < -0.3 is 9.47 Å². The van der Waals surface area contributed by atoms with Crippen LogP contribution in [0.5, 0.6) is 0 Å². The van der Waals surface area contributed by atoms with Crippen LogP contribution in [0, 0.1) is 0 Å². The number of aromatic nitrogens is 2. The van der Waals surface area contributed by atoms with Gasteiger partial charge >= 0.3 is 0 Å². The van der Waals surface area contributed by atoms with E-state index >= 15 is 0 Å². The Labute approximate surface area is 129 Å². The van der Waals surface area contributed by atoms with Crippen LogP contribution in [-0.2, 0) is 4.79 Å². The average Bonchev–Trinajstić information content (AvgIpc) is 2.78. The maximum absolute atomic E-state index is 11.9. The van der Waals surface area contributed by atoms with Crippen LogP contribution < -0.4 is 0 Å². The number of hydrogen-bond donors (Lipinski definition) is 0. The summed E-state index contributed by atoms with van der Waals surface area (Å²) in [5.74, 6) is -0.00239. The molecule has 5 heteroatoms. The summed E-state index contributed by atoms with van der Waals surface area (Å²) < 4.78 is 2.12. The maximum atomic E-state index is 11.9. The van der Waals surface area contributed by atoms with Gasteiger partial charge in [-0.05, 0) is 37.5 Å². The molecule has 1 aromatic heterocycles. The Morgan fingerprint density at radius 2 is 2.29 bits per heavy atom. The zero-order valence-corrected chi connectivity index (χ0v) is 12.6. The third kappa shape index (κ3) is 2.68. The molecule has 1 unspecified atom stereocenters. The SMILES string of the molecule is C=CC(=O)N1CCCCC(n2cnc3cccc(Cl)c32)C1. The van der Waals surface area contributed by atoms with Crippen molar-refractivity contribution in [3.63, 3.8) is 0 Å². The van der Waals surface area contributed by atoms with Crippen molar-refractivity contribution in [3.8, 4) is 0 Å². The van der Waals surface area contributed by atoms with Crippen LogP contribution in [0.2, 0.25) is 5.02 Å². The van der Waals surface area contributed by atoms with Crippen molar-refractivity contribution >= 4 is 28.5 Å². The quantitative estimate of drug-likeness (QED) is 0.797. The maximum Gasteiger partial charge on any atom is 0.246 e. The Morgan fingerprint density at radius 1 is 1.43 bits per heavy atom. The van der Waals surface area contributed by atoms with E-state index in [0.29, 0.717) is 11.6 Å². The highest BCUT2D eigenvalue weighted by atomic mass is 35.5. The Hall–Kier alpha value is -1.81. The molecule has 2 aromatic rings. The van der Waals surface area contributed by atoms with Gasteiger partial charge in [0.05, 0.1) is 28.4 Å². The lowest BCUT2D eigenvalue weighted by Gasteiger charge is -2.24. The van der Waals surface area contributed by atoms with Crippen LogP contribution in [0.1, 0.15) is 25.3 Å². The Kier molecular flexibility index (Phi) is 3.97. The number of imidazole rings is 1. The van der Waals surface area contributed by atoms with Crippen LogP contribution in [0.4, 0.5) is 0 Å². The van der Waals surface area contributed by atoms with E-state index < -0.39 is 0 Å². The van der Waals surface area contributed by atoms with E-state index in [1.54, 1.807) is 0 Å². The second-order valence-electron chi connectivity index (χ2n) is 5.40. The van der Waals surface area contributed by atoms with Crippen molar-refractivity contribution in [2.24, 2.45) is 0 Å². The second-order valence-corrected chi connectivity index (χ2v) is 5.80. The number of carbonyl (C=O) groups excluding carboxylic acids is 1. The lowest BCUT2D eigenvalue weighted by Crippen LogP contribution is -2.34. The summed E-state index contributed by atoms with van der Waals surface area (Å²) in [7, 11) is 0. The van der Waals surface area contributed by atoms with Crippen molar-refractivity contribution in [2.45, 2.75) is 25.3 Å². The summed E-state index contributed by atoms with van der Waals surface area (Å²) in [5.41, 5.74) is 1.85. The average molecular weight is 304 g/mol. The lowest BCUT2D eigenvalue weighted by atomic mass is 10.1. The first-order valence-corrected chi connectivity index (χ1v) is 7.61. The molecule has 110 valence electrons. The number of halogens is 1. The number of amides is 1. The fourth-order valence-electron chi connectivity index (χ4n) is 3.00. The monoisotopic (exact) mass is 303 g/mol. The highest BCUT2D eigenvalue weighted by molar-refractivity contribution is 6.34. The first kappa shape index (κ1) is 14.1. The molecule has 21 heavy (non-hydrogen) atoms. The van der Waals surface area contributed by atoms with Gasteiger partial charge in [-0.2, -0.15) is 0 Å². The predicted molar refractivity (Wildman–Crippen MR) is 84.4 cm³/mol. The minimum absolute atomic E-state index is 0.00239. The van der Waals surface area contributed by atoms with Gasteiger partial charge in [-0.1, -0.05) is 24.2 Å². The second kappa shape index (κ2) is 5.90. The highest BCUT2D eigenvalue weighted by Crippen LogP contribution is 2.29. The van der Waals surface area contributed by atoms with Crippen LogP contribution in [0.3, 0.4) is 0 Å². The van der Waals surface area contributed by atoms with E-state index in [2.05, 4.69) is 16.1 Å². The lowest BCUT2D eigenvalue weighted by molar-refractivity contribution is -0.126. The minimum atomic E-state index is -0.00239. The molecule has 0 saturated carbocycles. The zero-order chi connectivity index (χ0) is 14.8. The van der Waals surface area contributed by atoms with Gasteiger partial charge in [-0.25, -0.2) is 4.98 Å². The van der Waals surface area contributed by atoms with Crippen LogP contribution >= 0.6 is 11.6 Å². The summed E-state index contributed by atoms with van der Waals surface area (Å²) in [5, 5.41) is 0.704. The molecule has 0 bridgehead atoms. The molecule has 2 heterocycles. The van der Waals surface area contributed by atoms with Crippen molar-refractivity contribution in [1.29, 1.82) is 0 Å². The van der Waals surface area contributed by atoms with Crippen molar-refractivity contribution < 1.29 is 4.79 Å². The van der Waals surface area contributed by atoms with Crippen LogP contribution in [0.25, 0.3) is 11.0 Å². The third-order valence-electron chi connectivity index (χ3n) is 4.07. The number of rotatable bonds is 2. The summed E-state index contributed by atoms with van der Waals surface area (Å²) in [6.07, 6.45) is 6.37. The number of para-hydroxylation sites is 1. The van der Waals surface area contributed by atoms with Crippen LogP contribution in [0.15, 0.2) is 37.2 Å². The van der Waals surface area contributed by atoms with Gasteiger partial charge in [0.1, 0.15) is 0 Å². The Bertz CT molecular complexity index is 679. The summed E-state index contributed by atoms with van der Waals surface area (Å²) in [6, 6.07) is 5.95. The normalized spacial score (nSPS) is 19.5. The molecule has 1 atom stereocenters. The number of nitrogens with zero attached hydrogens (tertiary/aromatic N) is 3. The molecule has 0 radical (unpaired) electrons.